The number of amides is 2. The van der Waals surface area contributed by atoms with Crippen LogP contribution >= 0.6 is 11.3 Å². The molecule has 0 saturated heterocycles. The van der Waals surface area contributed by atoms with E-state index in [1.165, 1.54) is 24.2 Å². The van der Waals surface area contributed by atoms with Gasteiger partial charge in [-0.3, -0.25) is 9.59 Å². The second kappa shape index (κ2) is 10.1. The van der Waals surface area contributed by atoms with Crippen molar-refractivity contribution in [3.63, 3.8) is 0 Å². The Bertz CT molecular complexity index is 743. The number of pyridine rings is 1. The molecule has 2 aromatic heterocycles. The number of rotatable bonds is 9. The Morgan fingerprint density at radius 1 is 1.22 bits per heavy atom. The lowest BCUT2D eigenvalue weighted by molar-refractivity contribution is -0.121. The van der Waals surface area contributed by atoms with E-state index in [1.807, 2.05) is 17.5 Å². The minimum absolute atomic E-state index is 0.0325. The second-order valence-corrected chi connectivity index (χ2v) is 7.45. The van der Waals surface area contributed by atoms with Gasteiger partial charge in [0, 0.05) is 42.7 Å². The fourth-order valence-electron chi connectivity index (χ4n) is 3.04. The Morgan fingerprint density at radius 2 is 2.07 bits per heavy atom. The molecule has 2 heterocycles. The topological polar surface area (TPSA) is 80.3 Å². The molecule has 2 N–H and O–H groups in total. The van der Waals surface area contributed by atoms with E-state index in [4.69, 9.17) is 4.74 Å². The average Bonchev–Trinajstić information content (AvgIpc) is 3.38. The maximum absolute atomic E-state index is 12.0. The standard InChI is InChI=1S/C20H25N3O3S/c24-18(6-3-9-22-20(25)16-8-11-27-14-16)23-13-15-7-10-21-19(12-15)26-17-4-1-2-5-17/h7-8,10-12,14,17H,1-6,9,13H2,(H,22,25)(H,23,24). The molecule has 1 saturated carbocycles. The van der Waals surface area contributed by atoms with Crippen molar-refractivity contribution in [3.8, 4) is 5.88 Å². The molecule has 27 heavy (non-hydrogen) atoms. The van der Waals surface area contributed by atoms with Gasteiger partial charge in [-0.2, -0.15) is 11.3 Å². The van der Waals surface area contributed by atoms with E-state index in [0.717, 1.165) is 18.4 Å². The SMILES string of the molecule is O=C(CCCNC(=O)c1ccsc1)NCc1ccnc(OC2CCCC2)c1. The van der Waals surface area contributed by atoms with Gasteiger partial charge in [-0.25, -0.2) is 4.98 Å². The molecule has 0 unspecified atom stereocenters. The normalized spacial score (nSPS) is 14.1. The summed E-state index contributed by atoms with van der Waals surface area (Å²) in [5.41, 5.74) is 1.63. The second-order valence-electron chi connectivity index (χ2n) is 6.67. The van der Waals surface area contributed by atoms with Crippen LogP contribution in [0.25, 0.3) is 0 Å². The van der Waals surface area contributed by atoms with Gasteiger partial charge in [-0.1, -0.05) is 0 Å². The van der Waals surface area contributed by atoms with E-state index in [2.05, 4.69) is 15.6 Å². The molecule has 7 heteroatoms. The van der Waals surface area contributed by atoms with Crippen LogP contribution in [0.4, 0.5) is 0 Å². The molecule has 0 bridgehead atoms. The van der Waals surface area contributed by atoms with Gasteiger partial charge < -0.3 is 15.4 Å². The summed E-state index contributed by atoms with van der Waals surface area (Å²) in [5, 5.41) is 9.39. The van der Waals surface area contributed by atoms with E-state index in [0.29, 0.717) is 37.4 Å². The van der Waals surface area contributed by atoms with Gasteiger partial charge in [0.2, 0.25) is 11.8 Å². The monoisotopic (exact) mass is 387 g/mol. The zero-order valence-corrected chi connectivity index (χ0v) is 16.1. The highest BCUT2D eigenvalue weighted by Crippen LogP contribution is 2.23. The minimum Gasteiger partial charge on any atom is -0.474 e. The van der Waals surface area contributed by atoms with E-state index in [1.54, 1.807) is 17.6 Å². The molecule has 144 valence electrons. The predicted molar refractivity (Wildman–Crippen MR) is 105 cm³/mol. The average molecular weight is 388 g/mol. The van der Waals surface area contributed by atoms with Crippen molar-refractivity contribution < 1.29 is 14.3 Å². The van der Waals surface area contributed by atoms with E-state index in [9.17, 15) is 9.59 Å². The van der Waals surface area contributed by atoms with Gasteiger partial charge in [0.1, 0.15) is 6.10 Å². The molecule has 1 fully saturated rings. The van der Waals surface area contributed by atoms with Crippen LogP contribution in [0.2, 0.25) is 0 Å². The fourth-order valence-corrected chi connectivity index (χ4v) is 3.67. The van der Waals surface area contributed by atoms with Gasteiger partial charge in [-0.15, -0.1) is 0 Å². The lowest BCUT2D eigenvalue weighted by Gasteiger charge is -2.13. The quantitative estimate of drug-likeness (QED) is 0.647. The van der Waals surface area contributed by atoms with Crippen molar-refractivity contribution in [2.45, 2.75) is 51.2 Å². The maximum atomic E-state index is 12.0. The Morgan fingerprint density at radius 3 is 2.85 bits per heavy atom. The van der Waals surface area contributed by atoms with Crippen molar-refractivity contribution in [1.82, 2.24) is 15.6 Å². The zero-order chi connectivity index (χ0) is 18.9. The van der Waals surface area contributed by atoms with E-state index < -0.39 is 0 Å². The van der Waals surface area contributed by atoms with Crippen LogP contribution in [-0.2, 0) is 11.3 Å². The summed E-state index contributed by atoms with van der Waals surface area (Å²) in [6, 6.07) is 5.55. The Kier molecular flexibility index (Phi) is 7.21. The molecule has 0 aliphatic heterocycles. The third-order valence-electron chi connectivity index (χ3n) is 4.53. The lowest BCUT2D eigenvalue weighted by Crippen LogP contribution is -2.27. The molecular weight excluding hydrogens is 362 g/mol. The molecular formula is C20H25N3O3S. The lowest BCUT2D eigenvalue weighted by atomic mass is 10.2. The molecule has 1 aliphatic rings. The number of nitrogens with one attached hydrogen (secondary N) is 2. The van der Waals surface area contributed by atoms with Crippen LogP contribution in [0.1, 0.15) is 54.4 Å². The van der Waals surface area contributed by atoms with Crippen molar-refractivity contribution in [2.75, 3.05) is 6.54 Å². The summed E-state index contributed by atoms with van der Waals surface area (Å²) in [5.74, 6) is 0.503. The van der Waals surface area contributed by atoms with Crippen molar-refractivity contribution >= 4 is 23.2 Å². The molecule has 3 rings (SSSR count). The van der Waals surface area contributed by atoms with E-state index in [-0.39, 0.29) is 17.9 Å². The van der Waals surface area contributed by atoms with Gasteiger partial charge in [0.05, 0.1) is 0 Å². The highest BCUT2D eigenvalue weighted by atomic mass is 32.1. The Balaban J connectivity index is 1.33. The molecule has 0 spiro atoms. The minimum atomic E-state index is -0.0942. The number of nitrogens with zero attached hydrogens (tertiary/aromatic N) is 1. The number of carbonyl (C=O) groups excluding carboxylic acids is 2. The summed E-state index contributed by atoms with van der Waals surface area (Å²) in [6.07, 6.45) is 7.58. The van der Waals surface area contributed by atoms with Crippen LogP contribution < -0.4 is 15.4 Å². The Labute approximate surface area is 163 Å². The predicted octanol–water partition coefficient (Wildman–Crippen LogP) is 3.29. The Hall–Kier alpha value is -2.41. The first-order chi connectivity index (χ1) is 13.2. The summed E-state index contributed by atoms with van der Waals surface area (Å²) in [4.78, 5) is 28.0. The molecule has 1 aliphatic carbocycles. The fraction of sp³-hybridized carbons (Fsp3) is 0.450. The van der Waals surface area contributed by atoms with E-state index >= 15 is 0 Å². The highest BCUT2D eigenvalue weighted by Gasteiger charge is 2.17. The van der Waals surface area contributed by atoms with Crippen molar-refractivity contribution in [2.24, 2.45) is 0 Å². The first-order valence-corrected chi connectivity index (χ1v) is 10.3. The molecule has 0 radical (unpaired) electrons. The largest absolute Gasteiger partial charge is 0.474 e. The molecule has 2 amide bonds. The summed E-state index contributed by atoms with van der Waals surface area (Å²) in [6.45, 7) is 0.931. The van der Waals surface area contributed by atoms with Gasteiger partial charge in [0.15, 0.2) is 0 Å². The number of hydrogen-bond donors (Lipinski definition) is 2. The number of hydrogen-bond acceptors (Lipinski definition) is 5. The van der Waals surface area contributed by atoms with Crippen molar-refractivity contribution in [3.05, 3.63) is 46.3 Å². The molecule has 0 atom stereocenters. The number of aromatic nitrogens is 1. The van der Waals surface area contributed by atoms with Crippen LogP contribution in [0.3, 0.4) is 0 Å². The summed E-state index contributed by atoms with van der Waals surface area (Å²) >= 11 is 1.49. The summed E-state index contributed by atoms with van der Waals surface area (Å²) in [7, 11) is 0. The van der Waals surface area contributed by atoms with Crippen LogP contribution in [-0.4, -0.2) is 29.4 Å². The first kappa shape index (κ1) is 19.4. The highest BCUT2D eigenvalue weighted by molar-refractivity contribution is 7.08. The summed E-state index contributed by atoms with van der Waals surface area (Å²) < 4.78 is 5.89. The van der Waals surface area contributed by atoms with Crippen LogP contribution in [0.15, 0.2) is 35.2 Å². The van der Waals surface area contributed by atoms with Gasteiger partial charge in [-0.05, 0) is 55.2 Å². The molecule has 0 aromatic carbocycles. The number of thiophene rings is 1. The van der Waals surface area contributed by atoms with Gasteiger partial charge in [0.25, 0.3) is 5.91 Å². The first-order valence-electron chi connectivity index (χ1n) is 9.39. The number of carbonyl (C=O) groups is 2. The third-order valence-corrected chi connectivity index (χ3v) is 5.21. The molecule has 2 aromatic rings. The smallest absolute Gasteiger partial charge is 0.252 e. The zero-order valence-electron chi connectivity index (χ0n) is 15.3. The van der Waals surface area contributed by atoms with Gasteiger partial charge >= 0.3 is 0 Å². The van der Waals surface area contributed by atoms with Crippen LogP contribution in [0, 0.1) is 0 Å². The molecule has 6 nitrogen and oxygen atoms in total. The van der Waals surface area contributed by atoms with Crippen molar-refractivity contribution in [1.29, 1.82) is 0 Å². The number of ether oxygens (including phenoxy) is 1. The maximum Gasteiger partial charge on any atom is 0.252 e. The third kappa shape index (κ3) is 6.36. The van der Waals surface area contributed by atoms with Crippen LogP contribution in [0.5, 0.6) is 5.88 Å².